The van der Waals surface area contributed by atoms with Gasteiger partial charge in [-0.05, 0) is 46.5 Å². The highest BCUT2D eigenvalue weighted by Crippen LogP contribution is 2.20. The highest BCUT2D eigenvalue weighted by Gasteiger charge is 2.11. The molecule has 26 heavy (non-hydrogen) atoms. The molecule has 0 aliphatic heterocycles. The zero-order valence-electron chi connectivity index (χ0n) is 14.1. The third-order valence-corrected chi connectivity index (χ3v) is 4.78. The molecule has 3 aromatic carbocycles. The van der Waals surface area contributed by atoms with Crippen LogP contribution in [0.25, 0.3) is 10.8 Å². The maximum absolute atomic E-state index is 13.8. The van der Waals surface area contributed by atoms with Crippen LogP contribution in [-0.2, 0) is 11.2 Å². The van der Waals surface area contributed by atoms with Crippen molar-refractivity contribution < 1.29 is 14.3 Å². The summed E-state index contributed by atoms with van der Waals surface area (Å²) in [7, 11) is 0. The molecule has 0 spiro atoms. The van der Waals surface area contributed by atoms with Gasteiger partial charge in [-0.15, -0.1) is 0 Å². The number of halogens is 2. The van der Waals surface area contributed by atoms with Gasteiger partial charge >= 0.3 is 0 Å². The van der Waals surface area contributed by atoms with Gasteiger partial charge in [-0.1, -0.05) is 58.4 Å². The summed E-state index contributed by atoms with van der Waals surface area (Å²) >= 11 is 3.21. The molecule has 1 atom stereocenters. The van der Waals surface area contributed by atoms with E-state index in [1.807, 2.05) is 42.5 Å². The zero-order valence-corrected chi connectivity index (χ0v) is 15.7. The van der Waals surface area contributed by atoms with Crippen LogP contribution in [0.4, 0.5) is 4.39 Å². The second-order valence-electron chi connectivity index (χ2n) is 6.16. The third-order valence-electron chi connectivity index (χ3n) is 4.29. The molecule has 3 rings (SSSR count). The molecule has 5 heteroatoms. The lowest BCUT2D eigenvalue weighted by molar-refractivity contribution is -0.121. The summed E-state index contributed by atoms with van der Waals surface area (Å²) < 4.78 is 14.4. The maximum atomic E-state index is 13.8. The van der Waals surface area contributed by atoms with Gasteiger partial charge in [0.2, 0.25) is 5.91 Å². The van der Waals surface area contributed by atoms with E-state index in [0.717, 1.165) is 16.3 Å². The molecule has 0 fully saturated rings. The fourth-order valence-electron chi connectivity index (χ4n) is 2.80. The monoisotopic (exact) mass is 415 g/mol. The predicted octanol–water partition coefficient (Wildman–Crippen LogP) is 4.52. The van der Waals surface area contributed by atoms with Crippen molar-refractivity contribution in [3.63, 3.8) is 0 Å². The van der Waals surface area contributed by atoms with Gasteiger partial charge in [-0.2, -0.15) is 0 Å². The number of benzene rings is 3. The first-order valence-corrected chi connectivity index (χ1v) is 9.19. The number of fused-ring (bicyclic) bond motifs is 1. The van der Waals surface area contributed by atoms with Crippen LogP contribution >= 0.6 is 15.9 Å². The minimum atomic E-state index is -0.784. The Morgan fingerprint density at radius 1 is 1.08 bits per heavy atom. The Morgan fingerprint density at radius 2 is 1.85 bits per heavy atom. The van der Waals surface area contributed by atoms with Crippen LogP contribution in [0.1, 0.15) is 23.7 Å². The number of amides is 1. The second-order valence-corrected chi connectivity index (χ2v) is 7.08. The van der Waals surface area contributed by atoms with E-state index in [9.17, 15) is 14.3 Å². The van der Waals surface area contributed by atoms with Crippen LogP contribution in [0, 0.1) is 5.82 Å². The summed E-state index contributed by atoms with van der Waals surface area (Å²) in [6.45, 7) is 0.125. The molecule has 0 heterocycles. The lowest BCUT2D eigenvalue weighted by atomic mass is 10.0. The van der Waals surface area contributed by atoms with Crippen molar-refractivity contribution in [2.45, 2.75) is 18.9 Å². The van der Waals surface area contributed by atoms with Gasteiger partial charge < -0.3 is 10.4 Å². The zero-order chi connectivity index (χ0) is 18.5. The van der Waals surface area contributed by atoms with Crippen LogP contribution < -0.4 is 5.32 Å². The Morgan fingerprint density at radius 3 is 2.62 bits per heavy atom. The molecule has 0 aromatic heterocycles. The van der Waals surface area contributed by atoms with Gasteiger partial charge in [0.1, 0.15) is 5.82 Å². The summed E-state index contributed by atoms with van der Waals surface area (Å²) in [6.07, 6.45) is -0.298. The van der Waals surface area contributed by atoms with Crippen molar-refractivity contribution in [2.75, 3.05) is 6.54 Å². The van der Waals surface area contributed by atoms with Crippen molar-refractivity contribution in [1.82, 2.24) is 5.32 Å². The fourth-order valence-corrected chi connectivity index (χ4v) is 3.14. The smallest absolute Gasteiger partial charge is 0.220 e. The van der Waals surface area contributed by atoms with E-state index in [4.69, 9.17) is 0 Å². The number of aryl methyl sites for hydroxylation is 1. The lowest BCUT2D eigenvalue weighted by Gasteiger charge is -2.13. The highest BCUT2D eigenvalue weighted by atomic mass is 79.9. The molecule has 1 amide bonds. The summed E-state index contributed by atoms with van der Waals surface area (Å²) in [4.78, 5) is 12.0. The minimum Gasteiger partial charge on any atom is -0.387 e. The van der Waals surface area contributed by atoms with Crippen molar-refractivity contribution in [3.05, 3.63) is 82.1 Å². The number of nitrogens with one attached hydrogen (secondary N) is 1. The van der Waals surface area contributed by atoms with E-state index in [-0.39, 0.29) is 24.7 Å². The van der Waals surface area contributed by atoms with E-state index in [0.29, 0.717) is 16.5 Å². The second kappa shape index (κ2) is 8.43. The van der Waals surface area contributed by atoms with Gasteiger partial charge in [0.25, 0.3) is 0 Å². The predicted molar refractivity (Wildman–Crippen MR) is 104 cm³/mol. The Balaban J connectivity index is 1.53. The molecular weight excluding hydrogens is 397 g/mol. The SMILES string of the molecule is O=C(CCc1ccc(Br)cc1F)NCC(O)c1ccc2ccccc2c1. The quantitative estimate of drug-likeness (QED) is 0.621. The number of aliphatic hydroxyl groups is 1. The van der Waals surface area contributed by atoms with Crippen molar-refractivity contribution in [1.29, 1.82) is 0 Å². The largest absolute Gasteiger partial charge is 0.387 e. The molecule has 1 unspecified atom stereocenters. The Kier molecular flexibility index (Phi) is 6.01. The van der Waals surface area contributed by atoms with Gasteiger partial charge in [0.05, 0.1) is 6.10 Å². The van der Waals surface area contributed by atoms with Gasteiger partial charge in [-0.25, -0.2) is 4.39 Å². The minimum absolute atomic E-state index is 0.125. The van der Waals surface area contributed by atoms with Crippen LogP contribution in [-0.4, -0.2) is 17.6 Å². The summed E-state index contributed by atoms with van der Waals surface area (Å²) in [6, 6.07) is 18.4. The first-order chi connectivity index (χ1) is 12.5. The molecule has 3 nitrogen and oxygen atoms in total. The number of carbonyl (C=O) groups is 1. The number of carbonyl (C=O) groups excluding carboxylic acids is 1. The molecular formula is C21H19BrFNO2. The average molecular weight is 416 g/mol. The first kappa shape index (κ1) is 18.5. The van der Waals surface area contributed by atoms with Gasteiger partial charge in [0, 0.05) is 17.4 Å². The average Bonchev–Trinajstić information content (AvgIpc) is 2.65. The number of rotatable bonds is 6. The molecule has 3 aromatic rings. The molecule has 2 N–H and O–H groups in total. The van der Waals surface area contributed by atoms with E-state index >= 15 is 0 Å². The molecule has 0 bridgehead atoms. The molecule has 134 valence electrons. The topological polar surface area (TPSA) is 49.3 Å². The highest BCUT2D eigenvalue weighted by molar-refractivity contribution is 9.10. The third kappa shape index (κ3) is 4.68. The molecule has 0 saturated carbocycles. The Hall–Kier alpha value is -2.24. The van der Waals surface area contributed by atoms with Crippen LogP contribution in [0.5, 0.6) is 0 Å². The van der Waals surface area contributed by atoms with Crippen molar-refractivity contribution in [3.8, 4) is 0 Å². The summed E-state index contributed by atoms with van der Waals surface area (Å²) in [5, 5.41) is 15.2. The number of hydrogen-bond donors (Lipinski definition) is 2. The van der Waals surface area contributed by atoms with E-state index in [2.05, 4.69) is 21.2 Å². The normalized spacial score (nSPS) is 12.1. The maximum Gasteiger partial charge on any atom is 0.220 e. The van der Waals surface area contributed by atoms with Crippen LogP contribution in [0.3, 0.4) is 0 Å². The summed E-state index contributed by atoms with van der Waals surface area (Å²) in [5.41, 5.74) is 1.25. The lowest BCUT2D eigenvalue weighted by Crippen LogP contribution is -2.28. The fraction of sp³-hybridized carbons (Fsp3) is 0.190. The van der Waals surface area contributed by atoms with E-state index in [1.165, 1.54) is 6.07 Å². The van der Waals surface area contributed by atoms with E-state index < -0.39 is 6.10 Å². The molecule has 0 saturated heterocycles. The Labute approximate surface area is 160 Å². The van der Waals surface area contributed by atoms with Crippen LogP contribution in [0.2, 0.25) is 0 Å². The van der Waals surface area contributed by atoms with E-state index in [1.54, 1.807) is 12.1 Å². The Bertz CT molecular complexity index is 929. The van der Waals surface area contributed by atoms with Gasteiger partial charge in [0.15, 0.2) is 0 Å². The first-order valence-electron chi connectivity index (χ1n) is 8.40. The van der Waals surface area contributed by atoms with Crippen molar-refractivity contribution in [2.24, 2.45) is 0 Å². The number of aliphatic hydroxyl groups excluding tert-OH is 1. The summed E-state index contributed by atoms with van der Waals surface area (Å²) in [5.74, 6) is -0.546. The molecule has 0 aliphatic carbocycles. The number of hydrogen-bond acceptors (Lipinski definition) is 2. The molecule has 0 aliphatic rings. The van der Waals surface area contributed by atoms with Crippen molar-refractivity contribution >= 4 is 32.6 Å². The standard InChI is InChI=1S/C21H19BrFNO2/c22-18-9-7-15(19(23)12-18)8-10-21(26)24-13-20(25)17-6-5-14-3-1-2-4-16(14)11-17/h1-7,9,11-12,20,25H,8,10,13H2,(H,24,26). The van der Waals surface area contributed by atoms with Crippen LogP contribution in [0.15, 0.2) is 65.1 Å². The molecule has 0 radical (unpaired) electrons. The van der Waals surface area contributed by atoms with Gasteiger partial charge in [-0.3, -0.25) is 4.79 Å².